The number of alkyl halides is 1. The van der Waals surface area contributed by atoms with E-state index in [4.69, 9.17) is 0 Å². The van der Waals surface area contributed by atoms with Crippen LogP contribution in [0, 0.1) is 35.0 Å². The fourth-order valence-corrected chi connectivity index (χ4v) is 10.7. The number of unbranched alkanes of at least 4 members (excludes halogenated alkanes) is 1. The van der Waals surface area contributed by atoms with Gasteiger partial charge < -0.3 is 15.1 Å². The lowest BCUT2D eigenvalue weighted by molar-refractivity contribution is -0.132. The number of amides is 1. The van der Waals surface area contributed by atoms with E-state index in [9.17, 15) is 15.0 Å². The number of aliphatic hydroxyl groups is 1. The number of phenols is 1. The van der Waals surface area contributed by atoms with Crippen molar-refractivity contribution in [3.8, 4) is 5.75 Å². The van der Waals surface area contributed by atoms with Crippen LogP contribution in [0.3, 0.4) is 0 Å². The first kappa shape index (κ1) is 31.4. The van der Waals surface area contributed by atoms with Gasteiger partial charge in [0.2, 0.25) is 5.91 Å². The van der Waals surface area contributed by atoms with E-state index in [2.05, 4.69) is 11.8 Å². The summed E-state index contributed by atoms with van der Waals surface area (Å²) in [6.07, 6.45) is 19.7. The van der Waals surface area contributed by atoms with Gasteiger partial charge in [0, 0.05) is 25.4 Å². The maximum absolute atomic E-state index is 16.1. The van der Waals surface area contributed by atoms with Crippen molar-refractivity contribution in [2.45, 2.75) is 147 Å². The standard InChI is InChI=1S/C38H58FNO3/c1-38-24-33(39)37-31-17-16-30(41)23-29(31)22-28(36(37)32(38)18-19-34(38)42)14-8-9-21-40(25-27-12-6-3-7-13-27)35(43)20-15-26-10-4-2-5-11-26/h16-17,23,26-28,32-34,36-37,41-42H,2-15,18-22,24-25H2,1H3/t28-,32?,33+,34+,36?,37?,38?/m1/s1. The average Bonchev–Trinajstić information content (AvgIpc) is 3.31. The van der Waals surface area contributed by atoms with Crippen LogP contribution in [0.2, 0.25) is 0 Å². The lowest BCUT2D eigenvalue weighted by atomic mass is 9.51. The highest BCUT2D eigenvalue weighted by atomic mass is 19.1. The summed E-state index contributed by atoms with van der Waals surface area (Å²) in [5.41, 5.74) is 1.87. The molecule has 43 heavy (non-hydrogen) atoms. The third-order valence-electron chi connectivity index (χ3n) is 13.1. The number of hydrogen-bond donors (Lipinski definition) is 2. The molecule has 1 amide bonds. The smallest absolute Gasteiger partial charge is 0.222 e. The van der Waals surface area contributed by atoms with Gasteiger partial charge in [-0.25, -0.2) is 4.39 Å². The highest BCUT2D eigenvalue weighted by Crippen LogP contribution is 2.63. The van der Waals surface area contributed by atoms with E-state index in [1.54, 1.807) is 6.07 Å². The minimum Gasteiger partial charge on any atom is -0.508 e. The fraction of sp³-hybridized carbons (Fsp3) is 0.816. The lowest BCUT2D eigenvalue weighted by Crippen LogP contribution is -2.51. The minimum absolute atomic E-state index is 0.137. The SMILES string of the molecule is CC12C[C@H](F)C3c4ccc(O)cc4C[C@@H](CCCCN(CC4CCCCC4)C(=O)CCC4CCCCC4)C3C1CC[C@@H]2O. The van der Waals surface area contributed by atoms with Crippen LogP contribution in [0.5, 0.6) is 5.75 Å². The summed E-state index contributed by atoms with van der Waals surface area (Å²) in [5, 5.41) is 21.2. The van der Waals surface area contributed by atoms with Gasteiger partial charge in [0.15, 0.2) is 0 Å². The quantitative estimate of drug-likeness (QED) is 0.266. The molecule has 2 N–H and O–H groups in total. The second-order valence-corrected chi connectivity index (χ2v) is 15.8. The van der Waals surface area contributed by atoms with Gasteiger partial charge >= 0.3 is 0 Å². The van der Waals surface area contributed by atoms with Crippen molar-refractivity contribution < 1.29 is 19.4 Å². The van der Waals surface area contributed by atoms with Crippen LogP contribution >= 0.6 is 0 Å². The maximum Gasteiger partial charge on any atom is 0.222 e. The topological polar surface area (TPSA) is 60.8 Å². The average molecular weight is 596 g/mol. The number of halogens is 1. The first-order valence-corrected chi connectivity index (χ1v) is 18.2. The van der Waals surface area contributed by atoms with Crippen molar-refractivity contribution in [2.75, 3.05) is 13.1 Å². The molecule has 0 aromatic heterocycles. The Hall–Kier alpha value is -1.62. The second-order valence-electron chi connectivity index (χ2n) is 15.8. The molecule has 0 aliphatic heterocycles. The summed E-state index contributed by atoms with van der Waals surface area (Å²) in [6.45, 7) is 3.93. The molecule has 4 saturated carbocycles. The molecule has 5 aliphatic carbocycles. The Balaban J connectivity index is 1.11. The van der Waals surface area contributed by atoms with Gasteiger partial charge in [-0.2, -0.15) is 0 Å². The Labute approximate surface area is 260 Å². The van der Waals surface area contributed by atoms with Crippen molar-refractivity contribution in [2.24, 2.45) is 35.0 Å². The summed E-state index contributed by atoms with van der Waals surface area (Å²) < 4.78 is 16.1. The van der Waals surface area contributed by atoms with E-state index in [-0.39, 0.29) is 23.0 Å². The number of nitrogens with zero attached hydrogens (tertiary/aromatic N) is 1. The molecule has 1 aromatic carbocycles. The molecular formula is C38H58FNO3. The van der Waals surface area contributed by atoms with Crippen LogP contribution in [0.4, 0.5) is 4.39 Å². The van der Waals surface area contributed by atoms with Gasteiger partial charge in [-0.1, -0.05) is 70.8 Å². The number of carbonyl (C=O) groups is 1. The molecule has 4 unspecified atom stereocenters. The third-order valence-corrected chi connectivity index (χ3v) is 13.1. The number of aromatic hydroxyl groups is 1. The van der Waals surface area contributed by atoms with Crippen molar-refractivity contribution in [1.29, 1.82) is 0 Å². The summed E-state index contributed by atoms with van der Waals surface area (Å²) in [5.74, 6) is 2.84. The molecule has 0 saturated heterocycles. The van der Waals surface area contributed by atoms with E-state index in [1.165, 1.54) is 64.2 Å². The predicted octanol–water partition coefficient (Wildman–Crippen LogP) is 8.72. The van der Waals surface area contributed by atoms with Crippen molar-refractivity contribution in [3.63, 3.8) is 0 Å². The van der Waals surface area contributed by atoms with Crippen molar-refractivity contribution in [3.05, 3.63) is 29.3 Å². The number of rotatable bonds is 10. The van der Waals surface area contributed by atoms with Crippen LogP contribution in [0.15, 0.2) is 18.2 Å². The lowest BCUT2D eigenvalue weighted by Gasteiger charge is -2.54. The Kier molecular flexibility index (Phi) is 10.1. The van der Waals surface area contributed by atoms with Gasteiger partial charge in [-0.15, -0.1) is 0 Å². The van der Waals surface area contributed by atoms with E-state index in [0.717, 1.165) is 75.1 Å². The molecular weight excluding hydrogens is 537 g/mol. The number of hydrogen-bond acceptors (Lipinski definition) is 3. The summed E-state index contributed by atoms with van der Waals surface area (Å²) in [6, 6.07) is 5.58. The second kappa shape index (κ2) is 13.8. The molecule has 7 atom stereocenters. The monoisotopic (exact) mass is 595 g/mol. The summed E-state index contributed by atoms with van der Waals surface area (Å²) in [7, 11) is 0. The van der Waals surface area contributed by atoms with Crippen LogP contribution in [-0.4, -0.2) is 46.4 Å². The molecule has 4 nitrogen and oxygen atoms in total. The molecule has 4 fully saturated rings. The predicted molar refractivity (Wildman–Crippen MR) is 171 cm³/mol. The Morgan fingerprint density at radius 3 is 2.42 bits per heavy atom. The zero-order valence-electron chi connectivity index (χ0n) is 26.8. The van der Waals surface area contributed by atoms with Gasteiger partial charge in [0.25, 0.3) is 0 Å². The highest BCUT2D eigenvalue weighted by Gasteiger charge is 2.59. The van der Waals surface area contributed by atoms with Crippen LogP contribution in [0.1, 0.15) is 140 Å². The largest absolute Gasteiger partial charge is 0.508 e. The molecule has 0 radical (unpaired) electrons. The fourth-order valence-electron chi connectivity index (χ4n) is 10.7. The molecule has 0 heterocycles. The molecule has 1 aromatic rings. The molecule has 0 spiro atoms. The van der Waals surface area contributed by atoms with E-state index < -0.39 is 12.3 Å². The number of fused-ring (bicyclic) bond motifs is 5. The van der Waals surface area contributed by atoms with Crippen LogP contribution in [0.25, 0.3) is 0 Å². The third kappa shape index (κ3) is 6.82. The Morgan fingerprint density at radius 1 is 0.953 bits per heavy atom. The zero-order chi connectivity index (χ0) is 30.0. The number of phenolic OH excluding ortho intramolecular Hbond substituents is 1. The van der Waals surface area contributed by atoms with E-state index in [1.807, 2.05) is 12.1 Å². The molecule has 6 rings (SSSR count). The number of benzene rings is 1. The van der Waals surface area contributed by atoms with Gasteiger partial charge in [0.1, 0.15) is 11.9 Å². The molecule has 5 aliphatic rings. The van der Waals surface area contributed by atoms with Gasteiger partial charge in [0.05, 0.1) is 6.10 Å². The van der Waals surface area contributed by atoms with Crippen LogP contribution < -0.4 is 0 Å². The first-order chi connectivity index (χ1) is 20.8. The van der Waals surface area contributed by atoms with Crippen molar-refractivity contribution in [1.82, 2.24) is 4.90 Å². The van der Waals surface area contributed by atoms with E-state index in [0.29, 0.717) is 36.5 Å². The van der Waals surface area contributed by atoms with Crippen LogP contribution in [-0.2, 0) is 11.2 Å². The van der Waals surface area contributed by atoms with Crippen molar-refractivity contribution >= 4 is 5.91 Å². The number of carbonyl (C=O) groups excluding carboxylic acids is 1. The maximum atomic E-state index is 16.1. The Morgan fingerprint density at radius 2 is 1.67 bits per heavy atom. The van der Waals surface area contributed by atoms with Gasteiger partial charge in [-0.05, 0) is 116 Å². The zero-order valence-corrected chi connectivity index (χ0v) is 26.8. The number of aliphatic hydroxyl groups excluding tert-OH is 1. The molecule has 0 bridgehead atoms. The Bertz CT molecular complexity index is 1080. The van der Waals surface area contributed by atoms with E-state index >= 15 is 4.39 Å². The molecule has 240 valence electrons. The first-order valence-electron chi connectivity index (χ1n) is 18.2. The minimum atomic E-state index is -0.960. The molecule has 5 heteroatoms. The highest BCUT2D eigenvalue weighted by molar-refractivity contribution is 5.76. The normalized spacial score (nSPS) is 34.8. The summed E-state index contributed by atoms with van der Waals surface area (Å²) in [4.78, 5) is 15.8. The summed E-state index contributed by atoms with van der Waals surface area (Å²) >= 11 is 0. The van der Waals surface area contributed by atoms with Gasteiger partial charge in [-0.3, -0.25) is 4.79 Å².